The fourth-order valence-electron chi connectivity index (χ4n) is 2.22. The van der Waals surface area contributed by atoms with Gasteiger partial charge in [0, 0.05) is 0 Å². The summed E-state index contributed by atoms with van der Waals surface area (Å²) in [6.07, 6.45) is 4.52. The van der Waals surface area contributed by atoms with Crippen LogP contribution in [0, 0.1) is 0 Å². The summed E-state index contributed by atoms with van der Waals surface area (Å²) in [6, 6.07) is 20.3. The third-order valence-electron chi connectivity index (χ3n) is 3.20. The molecule has 0 amide bonds. The van der Waals surface area contributed by atoms with Crippen LogP contribution in [0.25, 0.3) is 11.6 Å². The quantitative estimate of drug-likeness (QED) is 0.414. The Labute approximate surface area is 136 Å². The molecule has 2 aromatic rings. The molecule has 0 radical (unpaired) electrons. The van der Waals surface area contributed by atoms with Crippen molar-refractivity contribution in [2.45, 2.75) is 12.8 Å². The first-order valence-electron chi connectivity index (χ1n) is 8.41. The van der Waals surface area contributed by atoms with Crippen LogP contribution < -0.4 is 0 Å². The van der Waals surface area contributed by atoms with Crippen molar-refractivity contribution in [2.24, 2.45) is 0 Å². The van der Waals surface area contributed by atoms with Crippen LogP contribution in [-0.4, -0.2) is 0 Å². The molecule has 0 N–H and O–H groups in total. The molecule has 0 heterocycles. The number of rotatable bonds is 7. The Bertz CT molecular complexity index is 753. The van der Waals surface area contributed by atoms with Crippen molar-refractivity contribution in [1.82, 2.24) is 0 Å². The van der Waals surface area contributed by atoms with Crippen LogP contribution in [0.3, 0.4) is 0 Å². The summed E-state index contributed by atoms with van der Waals surface area (Å²) in [4.78, 5) is 0. The molecule has 0 bridgehead atoms. The first-order valence-corrected chi connectivity index (χ1v) is 7.41. The van der Waals surface area contributed by atoms with Crippen molar-refractivity contribution in [3.63, 3.8) is 0 Å². The number of allylic oxidation sites excluding steroid dienone is 5. The summed E-state index contributed by atoms with van der Waals surface area (Å²) in [5, 5.41) is 0. The fraction of sp³-hybridized carbons (Fsp3) is 0.0909. The molecule has 0 heteroatoms. The largest absolute Gasteiger partial charge is 0.103 e. The smallest absolute Gasteiger partial charge is 0.0632 e. The predicted molar refractivity (Wildman–Crippen MR) is 98.5 cm³/mol. The molecule has 110 valence electrons. The van der Waals surface area contributed by atoms with Crippen molar-refractivity contribution in [2.75, 3.05) is 0 Å². The van der Waals surface area contributed by atoms with Crippen molar-refractivity contribution < 1.29 is 2.74 Å². The fourth-order valence-corrected chi connectivity index (χ4v) is 2.22. The zero-order chi connectivity index (χ0) is 17.4. The van der Waals surface area contributed by atoms with E-state index >= 15 is 0 Å². The summed E-state index contributed by atoms with van der Waals surface area (Å²) in [5.41, 5.74) is 3.40. The zero-order valence-corrected chi connectivity index (χ0v) is 12.8. The average Bonchev–Trinajstić information content (AvgIpc) is 2.62. The molecule has 22 heavy (non-hydrogen) atoms. The molecule has 0 aliphatic rings. The molecule has 0 saturated carbocycles. The molecular formula is C22H22. The molecule has 0 spiro atoms. The van der Waals surface area contributed by atoms with Gasteiger partial charge in [0.25, 0.3) is 0 Å². The third-order valence-corrected chi connectivity index (χ3v) is 3.20. The van der Waals surface area contributed by atoms with E-state index in [1.165, 1.54) is 0 Å². The van der Waals surface area contributed by atoms with Gasteiger partial charge < -0.3 is 0 Å². The molecule has 0 unspecified atom stereocenters. The van der Waals surface area contributed by atoms with E-state index in [1.807, 2.05) is 60.7 Å². The van der Waals surface area contributed by atoms with Crippen molar-refractivity contribution in [1.29, 1.82) is 0 Å². The van der Waals surface area contributed by atoms with E-state index in [1.54, 1.807) is 12.2 Å². The first kappa shape index (κ1) is 13.1. The van der Waals surface area contributed by atoms with E-state index in [0.717, 1.165) is 22.3 Å². The average molecular weight is 288 g/mol. The normalized spacial score (nSPS) is 14.2. The molecule has 0 aromatic heterocycles. The molecule has 0 atom stereocenters. The minimum atomic E-state index is 0.433. The lowest BCUT2D eigenvalue weighted by atomic mass is 9.93. The second-order valence-electron chi connectivity index (χ2n) is 4.87. The molecule has 0 aliphatic carbocycles. The van der Waals surface area contributed by atoms with Gasteiger partial charge in [-0.15, -0.1) is 13.2 Å². The van der Waals surface area contributed by atoms with E-state index < -0.39 is 0 Å². The van der Waals surface area contributed by atoms with Gasteiger partial charge in [0.05, 0.1) is 2.74 Å². The Morgan fingerprint density at radius 3 is 2.14 bits per heavy atom. The van der Waals surface area contributed by atoms with Crippen molar-refractivity contribution in [3.8, 4) is 0 Å². The Kier molecular flexibility index (Phi) is 5.14. The number of benzene rings is 2. The van der Waals surface area contributed by atoms with Crippen molar-refractivity contribution >= 4 is 11.6 Å². The SMILES string of the molecule is [2H]C(CC=C)=C(C(CC=C)=C([2H])c1ccccc1)c1ccccc1. The lowest BCUT2D eigenvalue weighted by molar-refractivity contribution is 1.29. The third kappa shape index (κ3) is 4.46. The maximum absolute atomic E-state index is 8.67. The minimum Gasteiger partial charge on any atom is -0.103 e. The van der Waals surface area contributed by atoms with Gasteiger partial charge >= 0.3 is 0 Å². The highest BCUT2D eigenvalue weighted by Gasteiger charge is 2.06. The summed E-state index contributed by atoms with van der Waals surface area (Å²) in [7, 11) is 0. The monoisotopic (exact) mass is 288 g/mol. The van der Waals surface area contributed by atoms with Gasteiger partial charge in [-0.2, -0.15) is 0 Å². The van der Waals surface area contributed by atoms with Crippen molar-refractivity contribution in [3.05, 3.63) is 109 Å². The van der Waals surface area contributed by atoms with Gasteiger partial charge in [-0.3, -0.25) is 0 Å². The lowest BCUT2D eigenvalue weighted by Crippen LogP contribution is -1.90. The zero-order valence-electron chi connectivity index (χ0n) is 14.8. The molecule has 0 saturated heterocycles. The summed E-state index contributed by atoms with van der Waals surface area (Å²) in [6.45, 7) is 7.58. The predicted octanol–water partition coefficient (Wildman–Crippen LogP) is 6.31. The lowest BCUT2D eigenvalue weighted by Gasteiger charge is -2.12. The standard InChI is InChI=1S/C22H22/c1-3-5-17-22(20-15-10-7-11-16-20)21(12-4-2)18-19-13-8-6-9-14-19/h3-4,6-11,13-18H,1-2,5,12H2/i17D,18D. The van der Waals surface area contributed by atoms with Gasteiger partial charge in [-0.05, 0) is 35.1 Å². The van der Waals surface area contributed by atoms with E-state index in [9.17, 15) is 0 Å². The summed E-state index contributed by atoms with van der Waals surface area (Å²) >= 11 is 0. The Balaban J connectivity index is 2.70. The van der Waals surface area contributed by atoms with E-state index in [0.29, 0.717) is 24.9 Å². The van der Waals surface area contributed by atoms with E-state index in [4.69, 9.17) is 2.74 Å². The first-order chi connectivity index (χ1) is 11.7. The minimum absolute atomic E-state index is 0.433. The summed E-state index contributed by atoms with van der Waals surface area (Å²) < 4.78 is 17.2. The molecule has 2 aromatic carbocycles. The van der Waals surface area contributed by atoms with Crippen LogP contribution in [0.4, 0.5) is 0 Å². The topological polar surface area (TPSA) is 0 Å². The van der Waals surface area contributed by atoms with Gasteiger partial charge in [0.2, 0.25) is 0 Å². The molecule has 0 nitrogen and oxygen atoms in total. The highest BCUT2D eigenvalue weighted by Crippen LogP contribution is 2.28. The highest BCUT2D eigenvalue weighted by molar-refractivity contribution is 5.84. The molecule has 2 rings (SSSR count). The Morgan fingerprint density at radius 2 is 1.55 bits per heavy atom. The maximum atomic E-state index is 8.67. The Morgan fingerprint density at radius 1 is 0.909 bits per heavy atom. The number of hydrogen-bond donors (Lipinski definition) is 0. The highest BCUT2D eigenvalue weighted by atomic mass is 14.1. The van der Waals surface area contributed by atoms with Gasteiger partial charge in [-0.25, -0.2) is 0 Å². The van der Waals surface area contributed by atoms with Gasteiger partial charge in [-0.1, -0.05) is 84.9 Å². The van der Waals surface area contributed by atoms with Gasteiger partial charge in [0.1, 0.15) is 0 Å². The maximum Gasteiger partial charge on any atom is 0.0632 e. The second-order valence-corrected chi connectivity index (χ2v) is 4.87. The van der Waals surface area contributed by atoms with Crippen LogP contribution in [-0.2, 0) is 0 Å². The summed E-state index contributed by atoms with van der Waals surface area (Å²) in [5.74, 6) is 0. The molecule has 0 aliphatic heterocycles. The molecular weight excluding hydrogens is 264 g/mol. The van der Waals surface area contributed by atoms with Crippen LogP contribution in [0.15, 0.2) is 97.6 Å². The van der Waals surface area contributed by atoms with Crippen LogP contribution in [0.5, 0.6) is 0 Å². The molecule has 0 fully saturated rings. The number of hydrogen-bond acceptors (Lipinski definition) is 0. The second kappa shape index (κ2) is 8.63. The van der Waals surface area contributed by atoms with Crippen LogP contribution in [0.2, 0.25) is 0 Å². The van der Waals surface area contributed by atoms with E-state index in [-0.39, 0.29) is 0 Å². The van der Waals surface area contributed by atoms with Gasteiger partial charge in [0.15, 0.2) is 0 Å². The van der Waals surface area contributed by atoms with Crippen LogP contribution in [0.1, 0.15) is 26.7 Å². The van der Waals surface area contributed by atoms with Crippen LogP contribution >= 0.6 is 0 Å². The van der Waals surface area contributed by atoms with E-state index in [2.05, 4.69) is 13.2 Å². The Hall–Kier alpha value is -2.60.